The van der Waals surface area contributed by atoms with Crippen molar-refractivity contribution in [1.29, 1.82) is 0 Å². The highest BCUT2D eigenvalue weighted by molar-refractivity contribution is 6.26. The molecule has 14 rings (SSSR count). The van der Waals surface area contributed by atoms with Gasteiger partial charge in [0.25, 0.3) is 0 Å². The summed E-state index contributed by atoms with van der Waals surface area (Å²) in [6.45, 7) is 20.3. The summed E-state index contributed by atoms with van der Waals surface area (Å²) in [5, 5.41) is 2.66. The van der Waals surface area contributed by atoms with Gasteiger partial charge in [-0.15, -0.1) is 0 Å². The molecule has 0 N–H and O–H groups in total. The van der Waals surface area contributed by atoms with Gasteiger partial charge in [0.15, 0.2) is 5.58 Å². The van der Waals surface area contributed by atoms with Crippen molar-refractivity contribution in [2.45, 2.75) is 86.0 Å². The van der Waals surface area contributed by atoms with Crippen molar-refractivity contribution in [3.8, 4) is 67.9 Å². The molecule has 0 unspecified atom stereocenters. The molecule has 0 atom stereocenters. The van der Waals surface area contributed by atoms with Gasteiger partial charge in [0.1, 0.15) is 45.4 Å². The lowest BCUT2D eigenvalue weighted by molar-refractivity contribution is 0.483. The minimum atomic E-state index is 0.174. The average molecular weight is 1070 g/mol. The van der Waals surface area contributed by atoms with Crippen LogP contribution in [0.15, 0.2) is 203 Å². The molecule has 0 aliphatic rings. The number of pyridine rings is 1. The molecule has 0 aliphatic heterocycles. The topological polar surface area (TPSA) is 84.0 Å². The number of imidazole rings is 2. The van der Waals surface area contributed by atoms with Crippen molar-refractivity contribution in [3.05, 3.63) is 222 Å². The largest absolute Gasteiger partial charge is 0.457 e. The first kappa shape index (κ1) is 50.7. The van der Waals surface area contributed by atoms with E-state index < -0.39 is 0 Å². The van der Waals surface area contributed by atoms with Crippen LogP contribution in [0.2, 0.25) is 0 Å². The highest BCUT2D eigenvalue weighted by Gasteiger charge is 2.29. The van der Waals surface area contributed by atoms with E-state index in [0.29, 0.717) is 28.2 Å². The minimum absolute atomic E-state index is 0.174. The summed E-state index contributed by atoms with van der Waals surface area (Å²) in [6, 6.07) is 68.4. The molecule has 0 fully saturated rings. The Morgan fingerprint density at radius 2 is 0.878 bits per heavy atom. The first-order valence-corrected chi connectivity index (χ1v) is 28.8. The number of ether oxygens (including phenoxy) is 1. The van der Waals surface area contributed by atoms with Crippen molar-refractivity contribution in [2.24, 2.45) is 0 Å². The molecule has 82 heavy (non-hydrogen) atoms. The Bertz CT molecular complexity index is 4740. The van der Waals surface area contributed by atoms with E-state index in [2.05, 4.69) is 228 Å². The normalized spacial score (nSPS) is 12.2. The monoisotopic (exact) mass is 1070 g/mol. The number of hydrogen-bond donors (Lipinski definition) is 0. The molecule has 9 aromatic carbocycles. The molecule has 0 radical (unpaired) electrons. The summed E-state index contributed by atoms with van der Waals surface area (Å²) in [5.74, 6) is 3.66. The van der Waals surface area contributed by atoms with Crippen LogP contribution in [0.4, 0.5) is 0 Å². The maximum absolute atomic E-state index is 7.29. The number of fused-ring (bicyclic) bond motifs is 9. The van der Waals surface area contributed by atoms with Crippen molar-refractivity contribution in [1.82, 2.24) is 24.1 Å². The second kappa shape index (κ2) is 19.9. The molecule has 0 bridgehead atoms. The Labute approximate surface area is 477 Å². The van der Waals surface area contributed by atoms with E-state index in [1.165, 1.54) is 50.2 Å². The van der Waals surface area contributed by atoms with Crippen LogP contribution >= 0.6 is 0 Å². The molecule has 0 spiro atoms. The van der Waals surface area contributed by atoms with E-state index >= 15 is 0 Å². The number of benzene rings is 9. The summed E-state index contributed by atoms with van der Waals surface area (Å²) in [5.41, 5.74) is 22.2. The quantitative estimate of drug-likeness (QED) is 0.121. The third-order valence-corrected chi connectivity index (χ3v) is 16.3. The molecular weight excluding hydrogens is 1010 g/mol. The number of rotatable bonds is 12. The fourth-order valence-electron chi connectivity index (χ4n) is 12.3. The zero-order valence-electron chi connectivity index (χ0n) is 47.7. The first-order valence-electron chi connectivity index (χ1n) is 28.8. The maximum atomic E-state index is 7.29. The van der Waals surface area contributed by atoms with E-state index in [1.54, 1.807) is 0 Å². The number of aromatic nitrogens is 5. The van der Waals surface area contributed by atoms with Crippen LogP contribution in [-0.4, -0.2) is 24.1 Å². The van der Waals surface area contributed by atoms with Gasteiger partial charge in [-0.05, 0) is 172 Å². The third kappa shape index (κ3) is 8.46. The van der Waals surface area contributed by atoms with E-state index in [-0.39, 0.29) is 23.7 Å². The van der Waals surface area contributed by atoms with Crippen molar-refractivity contribution < 1.29 is 13.6 Å². The van der Waals surface area contributed by atoms with Crippen molar-refractivity contribution >= 4 is 66.1 Å². The number of aryl methyl sites for hydroxylation is 1. The van der Waals surface area contributed by atoms with Crippen LogP contribution < -0.4 is 4.74 Å². The van der Waals surface area contributed by atoms with Crippen LogP contribution in [0.5, 0.6) is 11.5 Å². The molecule has 5 heterocycles. The summed E-state index contributed by atoms with van der Waals surface area (Å²) in [7, 11) is 0. The Kier molecular flexibility index (Phi) is 12.3. The van der Waals surface area contributed by atoms with Crippen molar-refractivity contribution in [3.63, 3.8) is 0 Å². The molecule has 0 amide bonds. The fourth-order valence-corrected chi connectivity index (χ4v) is 12.3. The van der Waals surface area contributed by atoms with Gasteiger partial charge in [0.2, 0.25) is 0 Å². The molecule has 0 saturated heterocycles. The van der Waals surface area contributed by atoms with Crippen LogP contribution in [0.1, 0.15) is 107 Å². The molecule has 14 aromatic rings. The maximum Gasteiger partial charge on any atom is 0.153 e. The molecule has 8 nitrogen and oxygen atoms in total. The SMILES string of the molecule is Cc1ccc2oc3ccc4oc5c(-c6nc7ccccc7n6-c6c(C(C)C)cc(-c7ccccc7)cc6C(C)C)cc(Oc6cccc(-c7nc8ccccc8n7-c7c(C(C)C)cc(-c8ccccc8)cc7C(C)C)c6)cc5c4c3c2n1. The zero-order valence-corrected chi connectivity index (χ0v) is 47.7. The fraction of sp³-hybridized carbons (Fsp3) is 0.176. The van der Waals surface area contributed by atoms with E-state index in [9.17, 15) is 0 Å². The third-order valence-electron chi connectivity index (χ3n) is 16.3. The lowest BCUT2D eigenvalue weighted by atomic mass is 9.88. The van der Waals surface area contributed by atoms with Crippen LogP contribution in [-0.2, 0) is 0 Å². The Morgan fingerprint density at radius 1 is 0.390 bits per heavy atom. The highest BCUT2D eigenvalue weighted by Crippen LogP contribution is 2.48. The first-order chi connectivity index (χ1) is 39.9. The molecule has 8 heteroatoms. The van der Waals surface area contributed by atoms with Gasteiger partial charge in [-0.25, -0.2) is 15.0 Å². The summed E-state index contributed by atoms with van der Waals surface area (Å²) < 4.78 is 25.8. The van der Waals surface area contributed by atoms with E-state index in [0.717, 1.165) is 83.5 Å². The lowest BCUT2D eigenvalue weighted by Crippen LogP contribution is -2.09. The minimum Gasteiger partial charge on any atom is -0.457 e. The highest BCUT2D eigenvalue weighted by atomic mass is 16.5. The van der Waals surface area contributed by atoms with Gasteiger partial charge in [-0.1, -0.05) is 152 Å². The van der Waals surface area contributed by atoms with Gasteiger partial charge in [-0.3, -0.25) is 9.13 Å². The summed E-state index contributed by atoms with van der Waals surface area (Å²) in [6.07, 6.45) is 0. The smallest absolute Gasteiger partial charge is 0.153 e. The Morgan fingerprint density at radius 3 is 1.44 bits per heavy atom. The Balaban J connectivity index is 1.00. The van der Waals surface area contributed by atoms with Gasteiger partial charge < -0.3 is 13.6 Å². The Hall–Kier alpha value is -9.53. The van der Waals surface area contributed by atoms with Gasteiger partial charge in [0, 0.05) is 22.0 Å². The number of nitrogens with zero attached hydrogens (tertiary/aromatic N) is 5. The van der Waals surface area contributed by atoms with E-state index in [1.807, 2.05) is 37.3 Å². The number of furan rings is 2. The van der Waals surface area contributed by atoms with Crippen LogP contribution in [0.3, 0.4) is 0 Å². The molecule has 0 aliphatic carbocycles. The van der Waals surface area contributed by atoms with Crippen LogP contribution in [0.25, 0.3) is 122 Å². The average Bonchev–Trinajstić information content (AvgIpc) is 4.29. The van der Waals surface area contributed by atoms with Gasteiger partial charge in [0.05, 0.1) is 44.4 Å². The molecule has 402 valence electrons. The summed E-state index contributed by atoms with van der Waals surface area (Å²) in [4.78, 5) is 16.1. The van der Waals surface area contributed by atoms with Crippen molar-refractivity contribution in [2.75, 3.05) is 0 Å². The molecule has 5 aromatic heterocycles. The number of para-hydroxylation sites is 4. The second-order valence-electron chi connectivity index (χ2n) is 23.2. The number of hydrogen-bond acceptors (Lipinski definition) is 6. The predicted molar refractivity (Wildman–Crippen MR) is 337 cm³/mol. The van der Waals surface area contributed by atoms with Gasteiger partial charge in [-0.2, -0.15) is 0 Å². The molecular formula is C74H63N5O3. The van der Waals surface area contributed by atoms with E-state index in [4.69, 9.17) is 28.5 Å². The summed E-state index contributed by atoms with van der Waals surface area (Å²) >= 11 is 0. The second-order valence-corrected chi connectivity index (χ2v) is 23.2. The van der Waals surface area contributed by atoms with Gasteiger partial charge >= 0.3 is 0 Å². The standard InChI is InChI=1S/C74H63N5O3/c1-42(2)54-36-50(47-21-12-10-13-22-47)37-55(43(3)4)70(54)78-62-29-18-16-27-60(62)76-73(78)49-25-20-26-52(35-49)80-53-40-58-67-64(33-34-65-68(67)69-66(81-65)32-31-46(9)75-69)82-72(58)59(41-53)74-77-61-28-17-19-30-63(61)79(74)71-56(44(5)6)38-51(39-57(71)45(7)8)48-23-14-11-15-24-48/h10-45H,1-9H3. The lowest BCUT2D eigenvalue weighted by Gasteiger charge is -2.24. The zero-order chi connectivity index (χ0) is 56.1. The predicted octanol–water partition coefficient (Wildman–Crippen LogP) is 20.8. The van der Waals surface area contributed by atoms with Crippen LogP contribution in [0, 0.1) is 6.92 Å². The molecule has 0 saturated carbocycles.